The molecule has 3 aromatic rings. The predicted molar refractivity (Wildman–Crippen MR) is 105 cm³/mol. The fourth-order valence-corrected chi connectivity index (χ4v) is 2.79. The van der Waals surface area contributed by atoms with Crippen LogP contribution in [0.15, 0.2) is 54.7 Å². The first-order chi connectivity index (χ1) is 13.1. The molecule has 0 fully saturated rings. The molecule has 2 aromatic carbocycles. The third-order valence-corrected chi connectivity index (χ3v) is 4.11. The first-order valence-corrected chi connectivity index (χ1v) is 8.80. The molecule has 0 aliphatic rings. The average molecular weight is 384 g/mol. The minimum Gasteiger partial charge on any atom is -0.481 e. The summed E-state index contributed by atoms with van der Waals surface area (Å²) < 4.78 is 5.61. The normalized spacial score (nSPS) is 10.4. The highest BCUT2D eigenvalue weighted by Crippen LogP contribution is 2.29. The molecular formula is C20H18ClN3O3. The van der Waals surface area contributed by atoms with Crippen LogP contribution in [-0.4, -0.2) is 29.9 Å². The average Bonchev–Trinajstić information content (AvgIpc) is 2.68. The van der Waals surface area contributed by atoms with Gasteiger partial charge in [-0.15, -0.1) is 0 Å². The number of hydrogen-bond donors (Lipinski definition) is 2. The van der Waals surface area contributed by atoms with E-state index in [1.54, 1.807) is 48.7 Å². The lowest BCUT2D eigenvalue weighted by molar-refractivity contribution is -0.118. The number of fused-ring (bicyclic) bond motifs is 1. The number of amides is 2. The van der Waals surface area contributed by atoms with Crippen LogP contribution in [-0.2, 0) is 4.79 Å². The maximum absolute atomic E-state index is 12.2. The largest absolute Gasteiger partial charge is 0.481 e. The SMILES string of the molecule is CCNC(=O)c1cccc(NC(=O)COc2ccc(Cl)c3cccnc23)c1. The summed E-state index contributed by atoms with van der Waals surface area (Å²) in [7, 11) is 0. The van der Waals surface area contributed by atoms with Crippen LogP contribution in [0.2, 0.25) is 5.02 Å². The van der Waals surface area contributed by atoms with Crippen molar-refractivity contribution in [2.24, 2.45) is 0 Å². The van der Waals surface area contributed by atoms with Crippen LogP contribution in [0.5, 0.6) is 5.75 Å². The van der Waals surface area contributed by atoms with Crippen LogP contribution in [0.25, 0.3) is 10.9 Å². The van der Waals surface area contributed by atoms with E-state index in [4.69, 9.17) is 16.3 Å². The number of rotatable bonds is 6. The van der Waals surface area contributed by atoms with Crippen molar-refractivity contribution in [2.45, 2.75) is 6.92 Å². The molecule has 0 unspecified atom stereocenters. The van der Waals surface area contributed by atoms with Crippen LogP contribution in [0.1, 0.15) is 17.3 Å². The minimum atomic E-state index is -0.345. The Morgan fingerprint density at radius 2 is 2.00 bits per heavy atom. The molecule has 0 radical (unpaired) electrons. The van der Waals surface area contributed by atoms with E-state index >= 15 is 0 Å². The number of pyridine rings is 1. The lowest BCUT2D eigenvalue weighted by Gasteiger charge is -2.10. The van der Waals surface area contributed by atoms with Crippen LogP contribution in [0, 0.1) is 0 Å². The zero-order valence-corrected chi connectivity index (χ0v) is 15.4. The summed E-state index contributed by atoms with van der Waals surface area (Å²) in [5.74, 6) is -0.0631. The third kappa shape index (κ3) is 4.54. The van der Waals surface area contributed by atoms with Gasteiger partial charge in [0.1, 0.15) is 11.3 Å². The summed E-state index contributed by atoms with van der Waals surface area (Å²) in [6.07, 6.45) is 1.64. The highest BCUT2D eigenvalue weighted by atomic mass is 35.5. The van der Waals surface area contributed by atoms with E-state index in [1.165, 1.54) is 0 Å². The quantitative estimate of drug-likeness (QED) is 0.680. The van der Waals surface area contributed by atoms with Gasteiger partial charge in [0.2, 0.25) is 0 Å². The lowest BCUT2D eigenvalue weighted by atomic mass is 10.2. The number of nitrogens with zero attached hydrogens (tertiary/aromatic N) is 1. The van der Waals surface area contributed by atoms with E-state index in [0.717, 1.165) is 5.39 Å². The molecule has 2 amide bonds. The Morgan fingerprint density at radius 1 is 1.15 bits per heavy atom. The van der Waals surface area contributed by atoms with Gasteiger partial charge in [0, 0.05) is 29.4 Å². The van der Waals surface area contributed by atoms with Crippen molar-refractivity contribution >= 4 is 40.0 Å². The topological polar surface area (TPSA) is 80.3 Å². The van der Waals surface area contributed by atoms with E-state index in [1.807, 2.05) is 13.0 Å². The van der Waals surface area contributed by atoms with Crippen molar-refractivity contribution in [3.8, 4) is 5.75 Å². The highest BCUT2D eigenvalue weighted by Gasteiger charge is 2.10. The van der Waals surface area contributed by atoms with Gasteiger partial charge >= 0.3 is 0 Å². The van der Waals surface area contributed by atoms with Gasteiger partial charge < -0.3 is 15.4 Å². The minimum absolute atomic E-state index is 0.191. The van der Waals surface area contributed by atoms with Gasteiger partial charge in [-0.1, -0.05) is 17.7 Å². The predicted octanol–water partition coefficient (Wildman–Crippen LogP) is 3.66. The van der Waals surface area contributed by atoms with Crippen molar-refractivity contribution in [3.63, 3.8) is 0 Å². The van der Waals surface area contributed by atoms with Crippen molar-refractivity contribution in [3.05, 3.63) is 65.3 Å². The number of anilines is 1. The molecule has 1 aromatic heterocycles. The summed E-state index contributed by atoms with van der Waals surface area (Å²) >= 11 is 6.15. The van der Waals surface area contributed by atoms with Gasteiger partial charge in [-0.3, -0.25) is 14.6 Å². The first-order valence-electron chi connectivity index (χ1n) is 8.42. The third-order valence-electron chi connectivity index (χ3n) is 3.78. The van der Waals surface area contributed by atoms with Crippen molar-refractivity contribution in [2.75, 3.05) is 18.5 Å². The number of hydrogen-bond acceptors (Lipinski definition) is 4. The van der Waals surface area contributed by atoms with Gasteiger partial charge in [-0.2, -0.15) is 0 Å². The van der Waals surface area contributed by atoms with E-state index in [9.17, 15) is 9.59 Å². The second-order valence-electron chi connectivity index (χ2n) is 5.72. The molecule has 0 aliphatic heterocycles. The van der Waals surface area contributed by atoms with Crippen molar-refractivity contribution in [1.29, 1.82) is 0 Å². The van der Waals surface area contributed by atoms with Gasteiger partial charge in [0.15, 0.2) is 6.61 Å². The molecular weight excluding hydrogens is 366 g/mol. The number of aromatic nitrogens is 1. The van der Waals surface area contributed by atoms with Crippen LogP contribution in [0.4, 0.5) is 5.69 Å². The van der Waals surface area contributed by atoms with Crippen LogP contribution in [0.3, 0.4) is 0 Å². The molecule has 0 aliphatic carbocycles. The van der Waals surface area contributed by atoms with Crippen molar-refractivity contribution < 1.29 is 14.3 Å². The molecule has 2 N–H and O–H groups in total. The fraction of sp³-hybridized carbons (Fsp3) is 0.150. The first kappa shape index (κ1) is 18.7. The summed E-state index contributed by atoms with van der Waals surface area (Å²) in [4.78, 5) is 28.4. The summed E-state index contributed by atoms with van der Waals surface area (Å²) in [5, 5.41) is 6.76. The second kappa shape index (κ2) is 8.51. The molecule has 138 valence electrons. The van der Waals surface area contributed by atoms with E-state index in [0.29, 0.717) is 34.1 Å². The monoisotopic (exact) mass is 383 g/mol. The van der Waals surface area contributed by atoms with Gasteiger partial charge in [0.25, 0.3) is 11.8 Å². The highest BCUT2D eigenvalue weighted by molar-refractivity contribution is 6.35. The van der Waals surface area contributed by atoms with Crippen LogP contribution >= 0.6 is 11.6 Å². The Morgan fingerprint density at radius 3 is 2.81 bits per heavy atom. The Balaban J connectivity index is 1.67. The number of carbonyl (C=O) groups excluding carboxylic acids is 2. The number of nitrogens with one attached hydrogen (secondary N) is 2. The number of halogens is 1. The molecule has 0 saturated heterocycles. The summed E-state index contributed by atoms with van der Waals surface area (Å²) in [5.41, 5.74) is 1.59. The van der Waals surface area contributed by atoms with E-state index in [2.05, 4.69) is 15.6 Å². The molecule has 27 heavy (non-hydrogen) atoms. The van der Waals surface area contributed by atoms with Gasteiger partial charge in [-0.05, 0) is 49.4 Å². The maximum Gasteiger partial charge on any atom is 0.262 e. The Hall–Kier alpha value is -3.12. The standard InChI is InChI=1S/C20H18ClN3O3/c1-2-22-20(26)13-5-3-6-14(11-13)24-18(25)12-27-17-9-8-16(21)15-7-4-10-23-19(15)17/h3-11H,2,12H2,1H3,(H,22,26)(H,24,25). The molecule has 7 heteroatoms. The van der Waals surface area contributed by atoms with E-state index in [-0.39, 0.29) is 18.4 Å². The zero-order chi connectivity index (χ0) is 19.2. The van der Waals surface area contributed by atoms with Gasteiger partial charge in [0.05, 0.1) is 5.02 Å². The summed E-state index contributed by atoms with van der Waals surface area (Å²) in [6, 6.07) is 13.7. The number of carbonyl (C=O) groups is 2. The van der Waals surface area contributed by atoms with Gasteiger partial charge in [-0.25, -0.2) is 0 Å². The van der Waals surface area contributed by atoms with Crippen molar-refractivity contribution in [1.82, 2.24) is 10.3 Å². The molecule has 0 saturated carbocycles. The molecule has 3 rings (SSSR count). The number of benzene rings is 2. The molecule has 0 atom stereocenters. The number of ether oxygens (including phenoxy) is 1. The second-order valence-corrected chi connectivity index (χ2v) is 6.13. The Labute approximate surface area is 161 Å². The zero-order valence-electron chi connectivity index (χ0n) is 14.7. The Kier molecular flexibility index (Phi) is 5.88. The molecule has 1 heterocycles. The molecule has 0 bridgehead atoms. The summed E-state index contributed by atoms with van der Waals surface area (Å²) in [6.45, 7) is 2.18. The molecule has 6 nitrogen and oxygen atoms in total. The maximum atomic E-state index is 12.2. The lowest BCUT2D eigenvalue weighted by Crippen LogP contribution is -2.23. The molecule has 0 spiro atoms. The smallest absolute Gasteiger partial charge is 0.262 e. The fourth-order valence-electron chi connectivity index (χ4n) is 2.57. The van der Waals surface area contributed by atoms with E-state index < -0.39 is 0 Å². The van der Waals surface area contributed by atoms with Crippen LogP contribution < -0.4 is 15.4 Å². The Bertz CT molecular complexity index is 991.